The third-order valence-corrected chi connectivity index (χ3v) is 2.65. The minimum atomic E-state index is 0.426. The number of rotatable bonds is 0. The van der Waals surface area contributed by atoms with Crippen LogP contribution in [0.2, 0.25) is 0 Å². The SMILES string of the molecule is Cc1c(O)cc2c(c1C)NCC2. The number of aromatic hydroxyl groups is 1. The number of nitrogens with one attached hydrogen (secondary N) is 1. The van der Waals surface area contributed by atoms with Crippen LogP contribution < -0.4 is 5.32 Å². The fourth-order valence-electron chi connectivity index (χ4n) is 1.73. The van der Waals surface area contributed by atoms with Gasteiger partial charge in [0.2, 0.25) is 0 Å². The third-order valence-electron chi connectivity index (χ3n) is 2.65. The largest absolute Gasteiger partial charge is 0.508 e. The second-order valence-electron chi connectivity index (χ2n) is 3.36. The van der Waals surface area contributed by atoms with E-state index in [0.717, 1.165) is 18.5 Å². The van der Waals surface area contributed by atoms with Crippen LogP contribution in [0.3, 0.4) is 0 Å². The summed E-state index contributed by atoms with van der Waals surface area (Å²) in [4.78, 5) is 0. The van der Waals surface area contributed by atoms with Gasteiger partial charge in [-0.2, -0.15) is 0 Å². The Morgan fingerprint density at radius 2 is 2.08 bits per heavy atom. The molecule has 2 rings (SSSR count). The first-order valence-corrected chi connectivity index (χ1v) is 4.26. The zero-order chi connectivity index (χ0) is 8.72. The van der Waals surface area contributed by atoms with E-state index in [1.54, 1.807) is 0 Å². The molecule has 0 saturated carbocycles. The Bertz CT molecular complexity index is 331. The lowest BCUT2D eigenvalue weighted by atomic mass is 10.0. The maximum atomic E-state index is 9.54. The molecule has 0 fully saturated rings. The predicted octanol–water partition coefficient (Wildman–Crippen LogP) is 1.98. The molecule has 2 heteroatoms. The lowest BCUT2D eigenvalue weighted by molar-refractivity contribution is 0.470. The normalized spacial score (nSPS) is 14.2. The van der Waals surface area contributed by atoms with Crippen molar-refractivity contribution in [2.75, 3.05) is 11.9 Å². The first-order chi connectivity index (χ1) is 5.70. The smallest absolute Gasteiger partial charge is 0.119 e. The average molecular weight is 163 g/mol. The molecule has 0 radical (unpaired) electrons. The molecule has 0 saturated heterocycles. The molecule has 64 valence electrons. The summed E-state index contributed by atoms with van der Waals surface area (Å²) in [6.07, 6.45) is 1.03. The van der Waals surface area contributed by atoms with Gasteiger partial charge in [-0.1, -0.05) is 0 Å². The molecule has 0 unspecified atom stereocenters. The van der Waals surface area contributed by atoms with E-state index in [2.05, 4.69) is 5.32 Å². The molecular weight excluding hydrogens is 150 g/mol. The van der Waals surface area contributed by atoms with Crippen LogP contribution in [0.1, 0.15) is 16.7 Å². The molecule has 0 aliphatic carbocycles. The van der Waals surface area contributed by atoms with Crippen molar-refractivity contribution in [3.63, 3.8) is 0 Å². The summed E-state index contributed by atoms with van der Waals surface area (Å²) in [5.74, 6) is 0.426. The summed E-state index contributed by atoms with van der Waals surface area (Å²) in [6, 6.07) is 1.87. The molecular formula is C10H13NO. The van der Waals surface area contributed by atoms with Crippen molar-refractivity contribution in [2.45, 2.75) is 20.3 Å². The summed E-state index contributed by atoms with van der Waals surface area (Å²) >= 11 is 0. The maximum absolute atomic E-state index is 9.54. The van der Waals surface area contributed by atoms with Gasteiger partial charge in [0.15, 0.2) is 0 Å². The topological polar surface area (TPSA) is 32.3 Å². The summed E-state index contributed by atoms with van der Waals surface area (Å²) in [6.45, 7) is 5.00. The van der Waals surface area contributed by atoms with Crippen molar-refractivity contribution < 1.29 is 5.11 Å². The zero-order valence-electron chi connectivity index (χ0n) is 7.44. The first-order valence-electron chi connectivity index (χ1n) is 4.26. The van der Waals surface area contributed by atoms with E-state index in [1.165, 1.54) is 16.8 Å². The highest BCUT2D eigenvalue weighted by atomic mass is 16.3. The molecule has 2 nitrogen and oxygen atoms in total. The van der Waals surface area contributed by atoms with Crippen LogP contribution in [0.25, 0.3) is 0 Å². The molecule has 2 N–H and O–H groups in total. The molecule has 1 aromatic carbocycles. The van der Waals surface area contributed by atoms with Crippen LogP contribution in [0.15, 0.2) is 6.07 Å². The Labute approximate surface area is 72.2 Å². The third kappa shape index (κ3) is 0.876. The van der Waals surface area contributed by atoms with Gasteiger partial charge in [-0.05, 0) is 43.0 Å². The fourth-order valence-corrected chi connectivity index (χ4v) is 1.73. The van der Waals surface area contributed by atoms with Crippen molar-refractivity contribution >= 4 is 5.69 Å². The van der Waals surface area contributed by atoms with Crippen molar-refractivity contribution in [1.29, 1.82) is 0 Å². The average Bonchev–Trinajstić information content (AvgIpc) is 2.48. The highest BCUT2D eigenvalue weighted by molar-refractivity contribution is 5.66. The van der Waals surface area contributed by atoms with Crippen molar-refractivity contribution in [3.05, 3.63) is 22.8 Å². The van der Waals surface area contributed by atoms with Crippen LogP contribution in [-0.4, -0.2) is 11.7 Å². The quantitative estimate of drug-likeness (QED) is 0.573. The number of anilines is 1. The molecule has 0 amide bonds. The number of phenolic OH excluding ortho intramolecular Hbond substituents is 1. The Hall–Kier alpha value is -1.18. The highest BCUT2D eigenvalue weighted by Crippen LogP contribution is 2.33. The van der Waals surface area contributed by atoms with Crippen molar-refractivity contribution in [3.8, 4) is 5.75 Å². The summed E-state index contributed by atoms with van der Waals surface area (Å²) in [7, 11) is 0. The monoisotopic (exact) mass is 163 g/mol. The number of fused-ring (bicyclic) bond motifs is 1. The van der Waals surface area contributed by atoms with Gasteiger partial charge in [-0.3, -0.25) is 0 Å². The van der Waals surface area contributed by atoms with Gasteiger partial charge in [0.05, 0.1) is 0 Å². The number of hydrogen-bond donors (Lipinski definition) is 2. The molecule has 0 atom stereocenters. The molecule has 0 bridgehead atoms. The van der Waals surface area contributed by atoms with E-state index in [0.29, 0.717) is 5.75 Å². The van der Waals surface area contributed by atoms with E-state index in [1.807, 2.05) is 19.9 Å². The van der Waals surface area contributed by atoms with E-state index in [4.69, 9.17) is 0 Å². The Kier molecular flexibility index (Phi) is 1.50. The molecule has 1 heterocycles. The molecule has 0 aromatic heterocycles. The lowest BCUT2D eigenvalue weighted by Crippen LogP contribution is -1.94. The van der Waals surface area contributed by atoms with E-state index < -0.39 is 0 Å². The van der Waals surface area contributed by atoms with Gasteiger partial charge in [0.1, 0.15) is 5.75 Å². The predicted molar refractivity (Wildman–Crippen MR) is 49.8 cm³/mol. The van der Waals surface area contributed by atoms with Gasteiger partial charge >= 0.3 is 0 Å². The Balaban J connectivity index is 2.67. The standard InChI is InChI=1S/C10H13NO/c1-6-7(2)10-8(3-4-11-10)5-9(6)12/h5,11-12H,3-4H2,1-2H3. The maximum Gasteiger partial charge on any atom is 0.119 e. The second-order valence-corrected chi connectivity index (χ2v) is 3.36. The molecule has 0 spiro atoms. The summed E-state index contributed by atoms with van der Waals surface area (Å²) in [5.41, 5.74) is 4.64. The Morgan fingerprint density at radius 3 is 2.83 bits per heavy atom. The molecule has 12 heavy (non-hydrogen) atoms. The van der Waals surface area contributed by atoms with Crippen molar-refractivity contribution in [1.82, 2.24) is 0 Å². The number of benzene rings is 1. The van der Waals surface area contributed by atoms with Crippen LogP contribution in [0.4, 0.5) is 5.69 Å². The van der Waals surface area contributed by atoms with Crippen LogP contribution in [0, 0.1) is 13.8 Å². The summed E-state index contributed by atoms with van der Waals surface area (Å²) in [5, 5.41) is 12.9. The molecule has 1 aliphatic heterocycles. The zero-order valence-corrected chi connectivity index (χ0v) is 7.44. The van der Waals surface area contributed by atoms with Crippen LogP contribution in [-0.2, 0) is 6.42 Å². The van der Waals surface area contributed by atoms with Gasteiger partial charge in [0, 0.05) is 12.2 Å². The van der Waals surface area contributed by atoms with Crippen LogP contribution in [0.5, 0.6) is 5.75 Å². The second kappa shape index (κ2) is 2.41. The van der Waals surface area contributed by atoms with E-state index in [9.17, 15) is 5.11 Å². The van der Waals surface area contributed by atoms with E-state index >= 15 is 0 Å². The highest BCUT2D eigenvalue weighted by Gasteiger charge is 2.15. The lowest BCUT2D eigenvalue weighted by Gasteiger charge is -2.09. The fraction of sp³-hybridized carbons (Fsp3) is 0.400. The minimum absolute atomic E-state index is 0.426. The van der Waals surface area contributed by atoms with E-state index in [-0.39, 0.29) is 0 Å². The van der Waals surface area contributed by atoms with Crippen molar-refractivity contribution in [2.24, 2.45) is 0 Å². The number of phenols is 1. The number of hydrogen-bond acceptors (Lipinski definition) is 2. The summed E-state index contributed by atoms with van der Waals surface area (Å²) < 4.78 is 0. The van der Waals surface area contributed by atoms with Gasteiger partial charge in [-0.25, -0.2) is 0 Å². The van der Waals surface area contributed by atoms with Crippen LogP contribution >= 0.6 is 0 Å². The Morgan fingerprint density at radius 1 is 1.33 bits per heavy atom. The first kappa shape index (κ1) is 7.47. The molecule has 1 aromatic rings. The van der Waals surface area contributed by atoms with Gasteiger partial charge in [0.25, 0.3) is 0 Å². The van der Waals surface area contributed by atoms with Gasteiger partial charge < -0.3 is 10.4 Å². The minimum Gasteiger partial charge on any atom is -0.508 e. The van der Waals surface area contributed by atoms with Gasteiger partial charge in [-0.15, -0.1) is 0 Å². The molecule has 1 aliphatic rings.